The number of rotatable bonds is 6. The van der Waals surface area contributed by atoms with E-state index in [1.165, 1.54) is 16.7 Å². The van der Waals surface area contributed by atoms with Crippen LogP contribution in [-0.4, -0.2) is 17.9 Å². The highest BCUT2D eigenvalue weighted by atomic mass is 35.5. The van der Waals surface area contributed by atoms with Gasteiger partial charge >= 0.3 is 0 Å². The first-order chi connectivity index (χ1) is 11.5. The van der Waals surface area contributed by atoms with Crippen LogP contribution in [0, 0.1) is 20.8 Å². The lowest BCUT2D eigenvalue weighted by Gasteiger charge is -2.07. The van der Waals surface area contributed by atoms with Crippen molar-refractivity contribution in [3.05, 3.63) is 63.7 Å². The smallest absolute Gasteiger partial charge is 0.240 e. The highest BCUT2D eigenvalue weighted by Gasteiger charge is 2.03. The second-order valence-corrected chi connectivity index (χ2v) is 7.17. The van der Waals surface area contributed by atoms with Crippen molar-refractivity contribution in [3.63, 3.8) is 0 Å². The van der Waals surface area contributed by atoms with Gasteiger partial charge in [0.05, 0.1) is 6.21 Å². The van der Waals surface area contributed by atoms with E-state index in [1.807, 2.05) is 30.3 Å². The lowest BCUT2D eigenvalue weighted by molar-refractivity contribution is -0.120. The largest absolute Gasteiger partial charge is 0.273 e. The quantitative estimate of drug-likeness (QED) is 0.452. The number of nitrogens with one attached hydrogen (secondary N) is 1. The van der Waals surface area contributed by atoms with Crippen molar-refractivity contribution < 1.29 is 4.79 Å². The van der Waals surface area contributed by atoms with Crippen molar-refractivity contribution in [1.82, 2.24) is 5.43 Å². The maximum Gasteiger partial charge on any atom is 0.240 e. The Morgan fingerprint density at radius 3 is 2.54 bits per heavy atom. The van der Waals surface area contributed by atoms with E-state index in [0.717, 1.165) is 10.5 Å². The third-order valence-electron chi connectivity index (χ3n) is 3.90. The van der Waals surface area contributed by atoms with Crippen molar-refractivity contribution in [2.75, 3.05) is 5.75 Å². The number of aryl methyl sites for hydroxylation is 1. The van der Waals surface area contributed by atoms with E-state index in [0.29, 0.717) is 17.2 Å². The van der Waals surface area contributed by atoms with Gasteiger partial charge in [-0.3, -0.25) is 4.79 Å². The molecule has 5 heteroatoms. The first-order valence-electron chi connectivity index (χ1n) is 7.74. The number of hydrogen-bond acceptors (Lipinski definition) is 3. The number of thioether (sulfide) groups is 1. The Morgan fingerprint density at radius 2 is 1.83 bits per heavy atom. The summed E-state index contributed by atoms with van der Waals surface area (Å²) in [6.45, 7) is 6.24. The van der Waals surface area contributed by atoms with Crippen LogP contribution < -0.4 is 5.43 Å². The first kappa shape index (κ1) is 18.6. The number of hydrogen-bond donors (Lipinski definition) is 1. The third-order valence-corrected chi connectivity index (χ3v) is 5.17. The average Bonchev–Trinajstić information content (AvgIpc) is 2.57. The molecule has 0 saturated heterocycles. The molecule has 0 aromatic heterocycles. The van der Waals surface area contributed by atoms with Crippen LogP contribution in [0.25, 0.3) is 0 Å². The van der Waals surface area contributed by atoms with E-state index in [-0.39, 0.29) is 5.91 Å². The van der Waals surface area contributed by atoms with E-state index < -0.39 is 0 Å². The summed E-state index contributed by atoms with van der Waals surface area (Å²) in [6, 6.07) is 11.7. The molecule has 3 nitrogen and oxygen atoms in total. The molecule has 2 aromatic carbocycles. The van der Waals surface area contributed by atoms with Gasteiger partial charge in [-0.05, 0) is 67.3 Å². The summed E-state index contributed by atoms with van der Waals surface area (Å²) < 4.78 is 0. The minimum absolute atomic E-state index is 0.0887. The molecular formula is C19H21ClN2OS. The second-order valence-electron chi connectivity index (χ2n) is 5.57. The minimum atomic E-state index is -0.0887. The van der Waals surface area contributed by atoms with Crippen LogP contribution in [0.15, 0.2) is 46.4 Å². The molecule has 24 heavy (non-hydrogen) atoms. The van der Waals surface area contributed by atoms with Crippen LogP contribution in [0.3, 0.4) is 0 Å². The lowest BCUT2D eigenvalue weighted by Crippen LogP contribution is -2.17. The van der Waals surface area contributed by atoms with Gasteiger partial charge in [0.2, 0.25) is 5.91 Å². The number of halogens is 1. The summed E-state index contributed by atoms with van der Waals surface area (Å²) in [7, 11) is 0. The Kier molecular flexibility index (Phi) is 6.88. The van der Waals surface area contributed by atoms with E-state index >= 15 is 0 Å². The van der Waals surface area contributed by atoms with Crippen molar-refractivity contribution in [2.45, 2.75) is 32.1 Å². The molecule has 0 aliphatic rings. The van der Waals surface area contributed by atoms with Crippen LogP contribution in [0.1, 0.15) is 28.7 Å². The van der Waals surface area contributed by atoms with Gasteiger partial charge in [-0.15, -0.1) is 11.8 Å². The van der Waals surface area contributed by atoms with E-state index in [4.69, 9.17) is 11.6 Å². The molecule has 0 unspecified atom stereocenters. The predicted molar refractivity (Wildman–Crippen MR) is 103 cm³/mol. The van der Waals surface area contributed by atoms with Gasteiger partial charge in [0.15, 0.2) is 0 Å². The lowest BCUT2D eigenvalue weighted by atomic mass is 10.00. The fourth-order valence-electron chi connectivity index (χ4n) is 2.14. The number of benzene rings is 2. The highest BCUT2D eigenvalue weighted by molar-refractivity contribution is 7.99. The zero-order valence-corrected chi connectivity index (χ0v) is 15.7. The zero-order chi connectivity index (χ0) is 17.5. The normalized spacial score (nSPS) is 11.0. The maximum absolute atomic E-state index is 11.8. The van der Waals surface area contributed by atoms with Crippen LogP contribution in [0.4, 0.5) is 0 Å². The number of amides is 1. The molecule has 1 N–H and O–H groups in total. The summed E-state index contributed by atoms with van der Waals surface area (Å²) in [4.78, 5) is 12.9. The van der Waals surface area contributed by atoms with Gasteiger partial charge in [-0.25, -0.2) is 5.43 Å². The Bertz CT molecular complexity index is 742. The van der Waals surface area contributed by atoms with E-state index in [2.05, 4.69) is 37.4 Å². The summed E-state index contributed by atoms with van der Waals surface area (Å²) in [5.74, 6) is 0.611. The molecule has 2 aromatic rings. The van der Waals surface area contributed by atoms with E-state index in [9.17, 15) is 4.79 Å². The van der Waals surface area contributed by atoms with Gasteiger partial charge in [-0.2, -0.15) is 5.10 Å². The van der Waals surface area contributed by atoms with Crippen LogP contribution >= 0.6 is 23.4 Å². The highest BCUT2D eigenvalue weighted by Crippen LogP contribution is 2.20. The van der Waals surface area contributed by atoms with Crippen molar-refractivity contribution in [2.24, 2.45) is 5.10 Å². The molecule has 0 saturated carbocycles. The third kappa shape index (κ3) is 5.39. The van der Waals surface area contributed by atoms with E-state index in [1.54, 1.807) is 18.0 Å². The Hall–Kier alpha value is -1.78. The van der Waals surface area contributed by atoms with Crippen molar-refractivity contribution in [1.29, 1.82) is 0 Å². The van der Waals surface area contributed by atoms with Crippen LogP contribution in [0.2, 0.25) is 5.02 Å². The molecule has 0 bridgehead atoms. The average molecular weight is 361 g/mol. The fourth-order valence-corrected chi connectivity index (χ4v) is 3.12. The summed E-state index contributed by atoms with van der Waals surface area (Å²) >= 11 is 7.47. The monoisotopic (exact) mass is 360 g/mol. The fraction of sp³-hybridized carbons (Fsp3) is 0.263. The maximum atomic E-state index is 11.8. The van der Waals surface area contributed by atoms with Crippen molar-refractivity contribution in [3.8, 4) is 0 Å². The molecule has 1 amide bonds. The number of carbonyl (C=O) groups excluding carboxylic acids is 1. The van der Waals surface area contributed by atoms with Crippen LogP contribution in [0.5, 0.6) is 0 Å². The summed E-state index contributed by atoms with van der Waals surface area (Å²) in [5, 5.41) is 4.77. The molecule has 0 heterocycles. The molecule has 0 aliphatic heterocycles. The van der Waals surface area contributed by atoms with Crippen molar-refractivity contribution >= 4 is 35.5 Å². The molecule has 2 rings (SSSR count). The molecule has 0 fully saturated rings. The van der Waals surface area contributed by atoms with Gasteiger partial charge in [0.1, 0.15) is 0 Å². The zero-order valence-electron chi connectivity index (χ0n) is 14.1. The molecular weight excluding hydrogens is 340 g/mol. The number of carbonyl (C=O) groups is 1. The first-order valence-corrected chi connectivity index (χ1v) is 9.11. The number of hydrazone groups is 1. The second kappa shape index (κ2) is 8.90. The summed E-state index contributed by atoms with van der Waals surface area (Å²) in [6.07, 6.45) is 2.11. The summed E-state index contributed by atoms with van der Waals surface area (Å²) in [5.41, 5.74) is 7.30. The number of nitrogens with zero attached hydrogens (tertiary/aromatic N) is 1. The molecule has 0 atom stereocenters. The predicted octanol–water partition coefficient (Wildman–Crippen LogP) is 4.90. The standard InChI is InChI=1S/C19H21ClN2OS/c1-13-4-5-16(15(3)14(13)2)12-21-22-19(23)10-11-24-18-8-6-17(20)7-9-18/h4-9,12H,10-11H2,1-3H3,(H,22,23)/b21-12-. The Labute approximate surface area is 152 Å². The molecule has 126 valence electrons. The van der Waals surface area contributed by atoms with Gasteiger partial charge in [-0.1, -0.05) is 23.7 Å². The molecule has 0 spiro atoms. The van der Waals surface area contributed by atoms with Gasteiger partial charge < -0.3 is 0 Å². The minimum Gasteiger partial charge on any atom is -0.273 e. The SMILES string of the molecule is Cc1ccc(/C=N\NC(=O)CCSc2ccc(Cl)cc2)c(C)c1C. The molecule has 0 aliphatic carbocycles. The van der Waals surface area contributed by atoms with Crippen LogP contribution in [-0.2, 0) is 4.79 Å². The van der Waals surface area contributed by atoms with Gasteiger partial charge in [0, 0.05) is 22.1 Å². The molecule has 0 radical (unpaired) electrons. The topological polar surface area (TPSA) is 41.5 Å². The van der Waals surface area contributed by atoms with Gasteiger partial charge in [0.25, 0.3) is 0 Å². The Morgan fingerprint density at radius 1 is 1.12 bits per heavy atom. The Balaban J connectivity index is 1.78.